The second-order valence-corrected chi connectivity index (χ2v) is 7.47. The van der Waals surface area contributed by atoms with Crippen LogP contribution in [0.5, 0.6) is 0 Å². The average molecular weight is 425 g/mol. The van der Waals surface area contributed by atoms with E-state index in [9.17, 15) is 9.59 Å². The normalized spacial score (nSPS) is 10.9. The van der Waals surface area contributed by atoms with Gasteiger partial charge in [0.2, 0.25) is 0 Å². The van der Waals surface area contributed by atoms with Gasteiger partial charge in [0.25, 0.3) is 5.91 Å². The molecule has 0 aliphatic heterocycles. The molecule has 1 N–H and O–H groups in total. The molecule has 0 saturated heterocycles. The topological polar surface area (TPSA) is 86.1 Å². The van der Waals surface area contributed by atoms with Crippen LogP contribution in [0.1, 0.15) is 33.6 Å². The minimum atomic E-state index is -0.469. The summed E-state index contributed by atoms with van der Waals surface area (Å²) in [6.45, 7) is 6.36. The predicted octanol–water partition coefficient (Wildman–Crippen LogP) is 3.56. The highest BCUT2D eigenvalue weighted by molar-refractivity contribution is 7.99. The Morgan fingerprint density at radius 2 is 1.86 bits per heavy atom. The number of ether oxygens (including phenoxy) is 1. The third-order valence-corrected chi connectivity index (χ3v) is 5.36. The van der Waals surface area contributed by atoms with Crippen molar-refractivity contribution in [2.45, 2.75) is 51.4 Å². The van der Waals surface area contributed by atoms with E-state index in [1.165, 1.54) is 11.8 Å². The van der Waals surface area contributed by atoms with Crippen molar-refractivity contribution in [3.8, 4) is 11.4 Å². The number of hydrogen-bond donors (Lipinski definition) is 1. The number of rotatable bonds is 10. The van der Waals surface area contributed by atoms with Crippen molar-refractivity contribution in [3.63, 3.8) is 0 Å². The summed E-state index contributed by atoms with van der Waals surface area (Å²) >= 11 is 7.16. The molecule has 28 heavy (non-hydrogen) atoms. The van der Waals surface area contributed by atoms with Crippen molar-refractivity contribution in [1.29, 1.82) is 0 Å². The molecule has 0 spiro atoms. The van der Waals surface area contributed by atoms with Crippen LogP contribution in [-0.4, -0.2) is 45.0 Å². The number of hydrogen-bond acceptors (Lipinski definition) is 6. The predicted molar refractivity (Wildman–Crippen MR) is 110 cm³/mol. The van der Waals surface area contributed by atoms with Crippen molar-refractivity contribution in [2.75, 3.05) is 12.4 Å². The van der Waals surface area contributed by atoms with E-state index in [4.69, 9.17) is 16.3 Å². The third kappa shape index (κ3) is 6.24. The standard InChI is InChI=1S/C19H25ClN4O3S/c1-4-15(5-2)21-16(25)11-27-17(26)12-28-19-23-22-18(24(19)6-3)13-7-9-14(20)10-8-13/h7-10,15H,4-6,11-12H2,1-3H3,(H,21,25). The van der Waals surface area contributed by atoms with Crippen LogP contribution in [0.2, 0.25) is 5.02 Å². The van der Waals surface area contributed by atoms with Crippen LogP contribution in [0.3, 0.4) is 0 Å². The van der Waals surface area contributed by atoms with Gasteiger partial charge in [0.15, 0.2) is 17.6 Å². The summed E-state index contributed by atoms with van der Waals surface area (Å²) in [4.78, 5) is 23.8. The number of carbonyl (C=O) groups excluding carboxylic acids is 2. The molecule has 1 aromatic heterocycles. The van der Waals surface area contributed by atoms with Crippen LogP contribution < -0.4 is 5.32 Å². The van der Waals surface area contributed by atoms with E-state index in [-0.39, 0.29) is 24.3 Å². The van der Waals surface area contributed by atoms with Gasteiger partial charge in [-0.15, -0.1) is 10.2 Å². The van der Waals surface area contributed by atoms with Crippen LogP contribution in [0.4, 0.5) is 0 Å². The fourth-order valence-electron chi connectivity index (χ4n) is 2.57. The molecule has 0 fully saturated rings. The van der Waals surface area contributed by atoms with Crippen molar-refractivity contribution in [3.05, 3.63) is 29.3 Å². The van der Waals surface area contributed by atoms with Gasteiger partial charge in [0.1, 0.15) is 0 Å². The molecule has 1 heterocycles. The first-order chi connectivity index (χ1) is 13.5. The Labute approximate surface area is 174 Å². The Bertz CT molecular complexity index is 791. The number of nitrogens with zero attached hydrogens (tertiary/aromatic N) is 3. The van der Waals surface area contributed by atoms with E-state index in [1.54, 1.807) is 12.1 Å². The molecule has 0 unspecified atom stereocenters. The lowest BCUT2D eigenvalue weighted by Crippen LogP contribution is -2.37. The van der Waals surface area contributed by atoms with Gasteiger partial charge in [-0.25, -0.2) is 0 Å². The Hall–Kier alpha value is -2.06. The molecular formula is C19H25ClN4O3S. The average Bonchev–Trinajstić information content (AvgIpc) is 3.12. The molecule has 0 bridgehead atoms. The summed E-state index contributed by atoms with van der Waals surface area (Å²) in [6, 6.07) is 7.44. The quantitative estimate of drug-likeness (QED) is 0.463. The van der Waals surface area contributed by atoms with Gasteiger partial charge >= 0.3 is 5.97 Å². The lowest BCUT2D eigenvalue weighted by atomic mass is 10.2. The molecule has 1 aromatic carbocycles. The molecule has 152 valence electrons. The zero-order valence-electron chi connectivity index (χ0n) is 16.3. The second-order valence-electron chi connectivity index (χ2n) is 6.09. The number of amides is 1. The summed E-state index contributed by atoms with van der Waals surface area (Å²) in [5, 5.41) is 12.5. The number of esters is 1. The molecule has 0 atom stereocenters. The molecule has 0 aliphatic rings. The van der Waals surface area contributed by atoms with Crippen LogP contribution in [0.15, 0.2) is 29.4 Å². The van der Waals surface area contributed by atoms with Gasteiger partial charge in [0.05, 0.1) is 5.75 Å². The highest BCUT2D eigenvalue weighted by atomic mass is 35.5. The van der Waals surface area contributed by atoms with E-state index >= 15 is 0 Å². The number of halogens is 1. The summed E-state index contributed by atoms with van der Waals surface area (Å²) in [7, 11) is 0. The Morgan fingerprint density at radius 1 is 1.18 bits per heavy atom. The SMILES string of the molecule is CCC(CC)NC(=O)COC(=O)CSc1nnc(-c2ccc(Cl)cc2)n1CC. The minimum absolute atomic E-state index is 0.0526. The van der Waals surface area contributed by atoms with Gasteiger partial charge in [-0.2, -0.15) is 0 Å². The van der Waals surface area contributed by atoms with Crippen molar-refractivity contribution < 1.29 is 14.3 Å². The molecular weight excluding hydrogens is 400 g/mol. The van der Waals surface area contributed by atoms with Crippen LogP contribution in [-0.2, 0) is 20.9 Å². The van der Waals surface area contributed by atoms with Crippen molar-refractivity contribution in [1.82, 2.24) is 20.1 Å². The molecule has 9 heteroatoms. The highest BCUT2D eigenvalue weighted by Gasteiger charge is 2.16. The van der Waals surface area contributed by atoms with Gasteiger partial charge in [-0.05, 0) is 44.0 Å². The van der Waals surface area contributed by atoms with Crippen molar-refractivity contribution in [2.24, 2.45) is 0 Å². The molecule has 2 rings (SSSR count). The Kier molecular flexibility index (Phi) is 8.79. The number of thioether (sulfide) groups is 1. The first-order valence-corrected chi connectivity index (χ1v) is 10.6. The number of carbonyl (C=O) groups is 2. The zero-order chi connectivity index (χ0) is 20.5. The second kappa shape index (κ2) is 11.1. The van der Waals surface area contributed by atoms with Gasteiger partial charge in [-0.3, -0.25) is 9.59 Å². The fraction of sp³-hybridized carbons (Fsp3) is 0.474. The molecule has 7 nitrogen and oxygen atoms in total. The van der Waals surface area contributed by atoms with Crippen LogP contribution in [0, 0.1) is 0 Å². The summed E-state index contributed by atoms with van der Waals surface area (Å²) in [5.74, 6) is 0.00794. The monoisotopic (exact) mass is 424 g/mol. The third-order valence-electron chi connectivity index (χ3n) is 4.17. The maximum atomic E-state index is 12.0. The van der Waals surface area contributed by atoms with Gasteiger partial charge < -0.3 is 14.6 Å². The molecule has 0 aliphatic carbocycles. The fourth-order valence-corrected chi connectivity index (χ4v) is 3.49. The first-order valence-electron chi connectivity index (χ1n) is 9.25. The summed E-state index contributed by atoms with van der Waals surface area (Å²) < 4.78 is 6.97. The molecule has 1 amide bonds. The molecule has 0 radical (unpaired) electrons. The molecule has 2 aromatic rings. The van der Waals surface area contributed by atoms with E-state index in [0.717, 1.165) is 18.4 Å². The van der Waals surface area contributed by atoms with Gasteiger partial charge in [-0.1, -0.05) is 37.2 Å². The Morgan fingerprint density at radius 3 is 2.46 bits per heavy atom. The summed E-state index contributed by atoms with van der Waals surface area (Å²) in [5.41, 5.74) is 0.895. The highest BCUT2D eigenvalue weighted by Crippen LogP contribution is 2.25. The van der Waals surface area contributed by atoms with Gasteiger partial charge in [0, 0.05) is 23.2 Å². The van der Waals surface area contributed by atoms with E-state index in [1.807, 2.05) is 37.5 Å². The molecule has 0 saturated carbocycles. The lowest BCUT2D eigenvalue weighted by Gasteiger charge is -2.14. The largest absolute Gasteiger partial charge is 0.455 e. The van der Waals surface area contributed by atoms with Crippen LogP contribution >= 0.6 is 23.4 Å². The number of benzene rings is 1. The zero-order valence-corrected chi connectivity index (χ0v) is 17.8. The summed E-state index contributed by atoms with van der Waals surface area (Å²) in [6.07, 6.45) is 1.68. The maximum absolute atomic E-state index is 12.0. The smallest absolute Gasteiger partial charge is 0.316 e. The van der Waals surface area contributed by atoms with E-state index < -0.39 is 5.97 Å². The number of nitrogens with one attached hydrogen (secondary N) is 1. The lowest BCUT2D eigenvalue weighted by molar-refractivity contribution is -0.146. The number of aromatic nitrogens is 3. The van der Waals surface area contributed by atoms with Crippen molar-refractivity contribution >= 4 is 35.2 Å². The van der Waals surface area contributed by atoms with Crippen LogP contribution in [0.25, 0.3) is 11.4 Å². The van der Waals surface area contributed by atoms with E-state index in [0.29, 0.717) is 22.5 Å². The minimum Gasteiger partial charge on any atom is -0.455 e. The first kappa shape index (κ1) is 22.2. The van der Waals surface area contributed by atoms with E-state index in [2.05, 4.69) is 15.5 Å². The maximum Gasteiger partial charge on any atom is 0.316 e. The Balaban J connectivity index is 1.89.